The fraction of sp³-hybridized carbons (Fsp3) is 0.700. The number of esters is 2. The number of unbranched alkanes of at least 4 members (excludes halogenated alkanes) is 2. The van der Waals surface area contributed by atoms with E-state index in [1.165, 1.54) is 0 Å². The van der Waals surface area contributed by atoms with Crippen LogP contribution in [0.1, 0.15) is 65.2 Å². The highest BCUT2D eigenvalue weighted by Gasteiger charge is 2.37. The highest BCUT2D eigenvalue weighted by Crippen LogP contribution is 2.32. The van der Waals surface area contributed by atoms with Gasteiger partial charge in [-0.1, -0.05) is 63.8 Å². The first-order valence-electron chi connectivity index (χ1n) is 9.33. The van der Waals surface area contributed by atoms with Gasteiger partial charge in [0.25, 0.3) is 0 Å². The van der Waals surface area contributed by atoms with Crippen molar-refractivity contribution < 1.29 is 19.1 Å². The summed E-state index contributed by atoms with van der Waals surface area (Å²) in [4.78, 5) is 24.6. The molecule has 0 heterocycles. The van der Waals surface area contributed by atoms with Gasteiger partial charge in [0, 0.05) is 0 Å². The lowest BCUT2D eigenvalue weighted by atomic mass is 9.79. The van der Waals surface area contributed by atoms with Gasteiger partial charge in [-0.05, 0) is 25.7 Å². The van der Waals surface area contributed by atoms with Crippen molar-refractivity contribution in [3.63, 3.8) is 0 Å². The molecule has 0 saturated heterocycles. The van der Waals surface area contributed by atoms with Gasteiger partial charge in [-0.3, -0.25) is 9.59 Å². The summed E-state index contributed by atoms with van der Waals surface area (Å²) < 4.78 is 10.6. The zero-order valence-electron chi connectivity index (χ0n) is 15.2. The van der Waals surface area contributed by atoms with Gasteiger partial charge in [0.05, 0.1) is 11.8 Å². The second-order valence-corrected chi connectivity index (χ2v) is 6.28. The summed E-state index contributed by atoms with van der Waals surface area (Å²) in [7, 11) is 0. The molecule has 0 bridgehead atoms. The highest BCUT2D eigenvalue weighted by molar-refractivity contribution is 5.82. The van der Waals surface area contributed by atoms with Crippen LogP contribution in [0.5, 0.6) is 0 Å². The van der Waals surface area contributed by atoms with Crippen LogP contribution >= 0.6 is 0 Å². The highest BCUT2D eigenvalue weighted by atomic mass is 16.5. The van der Waals surface area contributed by atoms with Crippen LogP contribution in [0.15, 0.2) is 24.3 Å². The van der Waals surface area contributed by atoms with Crippen molar-refractivity contribution in [2.24, 2.45) is 11.8 Å². The lowest BCUT2D eigenvalue weighted by Crippen LogP contribution is -2.35. The molecule has 4 heteroatoms. The van der Waals surface area contributed by atoms with Gasteiger partial charge in [0.1, 0.15) is 13.2 Å². The zero-order chi connectivity index (χ0) is 17.6. The van der Waals surface area contributed by atoms with Gasteiger partial charge in [-0.15, -0.1) is 0 Å². The minimum absolute atomic E-state index is 0.265. The molecular formula is C20H32O4. The first-order chi connectivity index (χ1) is 11.7. The van der Waals surface area contributed by atoms with Crippen LogP contribution in [0.4, 0.5) is 0 Å². The molecule has 0 aliphatic heterocycles. The van der Waals surface area contributed by atoms with Crippen molar-refractivity contribution in [3.8, 4) is 0 Å². The van der Waals surface area contributed by atoms with E-state index in [1.807, 2.05) is 24.3 Å². The van der Waals surface area contributed by atoms with Crippen LogP contribution in [-0.4, -0.2) is 25.2 Å². The monoisotopic (exact) mass is 336 g/mol. The molecule has 24 heavy (non-hydrogen) atoms. The van der Waals surface area contributed by atoms with Gasteiger partial charge < -0.3 is 9.47 Å². The Kier molecular flexibility index (Phi) is 10.9. The SMILES string of the molecule is CCC/C=C/COC(=O)C1CCCCC1C(=O)OC/C=C/CCC. The number of carbonyl (C=O) groups excluding carboxylic acids is 2. The van der Waals surface area contributed by atoms with E-state index < -0.39 is 0 Å². The molecule has 0 amide bonds. The smallest absolute Gasteiger partial charge is 0.310 e. The molecule has 1 rings (SSSR count). The standard InChI is InChI=1S/C20H32O4/c1-3-5-7-11-15-23-19(21)17-13-9-10-14-18(17)20(22)24-16-12-8-6-4-2/h7-8,11-12,17-18H,3-6,9-10,13-16H2,1-2H3/b11-7+,12-8+. The number of hydrogen-bond acceptors (Lipinski definition) is 4. The molecule has 2 atom stereocenters. The van der Waals surface area contributed by atoms with Gasteiger partial charge >= 0.3 is 11.9 Å². The third kappa shape index (κ3) is 7.80. The largest absolute Gasteiger partial charge is 0.461 e. The van der Waals surface area contributed by atoms with E-state index in [0.29, 0.717) is 12.8 Å². The second-order valence-electron chi connectivity index (χ2n) is 6.28. The molecule has 1 aliphatic carbocycles. The summed E-state index contributed by atoms with van der Waals surface area (Å²) in [6.07, 6.45) is 15.3. The molecule has 1 aliphatic rings. The molecule has 1 fully saturated rings. The maximum Gasteiger partial charge on any atom is 0.310 e. The summed E-state index contributed by atoms with van der Waals surface area (Å²) in [6, 6.07) is 0. The Morgan fingerprint density at radius 1 is 0.792 bits per heavy atom. The van der Waals surface area contributed by atoms with Crippen LogP contribution in [0, 0.1) is 11.8 Å². The minimum atomic E-state index is -0.356. The van der Waals surface area contributed by atoms with Crippen molar-refractivity contribution in [3.05, 3.63) is 24.3 Å². The third-order valence-corrected chi connectivity index (χ3v) is 4.26. The Bertz CT molecular complexity index is 385. The van der Waals surface area contributed by atoms with E-state index >= 15 is 0 Å². The zero-order valence-corrected chi connectivity index (χ0v) is 15.2. The predicted molar refractivity (Wildman–Crippen MR) is 95.5 cm³/mol. The maximum absolute atomic E-state index is 12.3. The lowest BCUT2D eigenvalue weighted by molar-refractivity contribution is -0.161. The molecule has 0 aromatic heterocycles. The maximum atomic E-state index is 12.3. The number of ether oxygens (including phenoxy) is 2. The molecule has 4 nitrogen and oxygen atoms in total. The number of hydrogen-bond donors (Lipinski definition) is 0. The molecule has 0 aromatic rings. The van der Waals surface area contributed by atoms with Crippen LogP contribution < -0.4 is 0 Å². The Labute approximate surface area is 146 Å². The third-order valence-electron chi connectivity index (χ3n) is 4.26. The molecule has 1 saturated carbocycles. The molecule has 0 N–H and O–H groups in total. The Hall–Kier alpha value is -1.58. The summed E-state index contributed by atoms with van der Waals surface area (Å²) in [5.41, 5.74) is 0. The van der Waals surface area contributed by atoms with E-state index in [1.54, 1.807) is 0 Å². The van der Waals surface area contributed by atoms with E-state index in [9.17, 15) is 9.59 Å². The van der Waals surface area contributed by atoms with Gasteiger partial charge in [-0.2, -0.15) is 0 Å². The van der Waals surface area contributed by atoms with Crippen molar-refractivity contribution in [1.29, 1.82) is 0 Å². The fourth-order valence-corrected chi connectivity index (χ4v) is 2.87. The van der Waals surface area contributed by atoms with E-state index in [-0.39, 0.29) is 37.0 Å². The molecule has 2 unspecified atom stereocenters. The average molecular weight is 336 g/mol. The Balaban J connectivity index is 2.45. The summed E-state index contributed by atoms with van der Waals surface area (Å²) in [5, 5.41) is 0. The normalized spacial score (nSPS) is 21.2. The van der Waals surface area contributed by atoms with Crippen molar-refractivity contribution in [2.45, 2.75) is 65.2 Å². The van der Waals surface area contributed by atoms with E-state index in [2.05, 4.69) is 13.8 Å². The van der Waals surface area contributed by atoms with Gasteiger partial charge in [-0.25, -0.2) is 0 Å². The molecule has 0 spiro atoms. The predicted octanol–water partition coefficient (Wildman–Crippen LogP) is 4.59. The summed E-state index contributed by atoms with van der Waals surface area (Å²) in [6.45, 7) is 4.78. The summed E-state index contributed by atoms with van der Waals surface area (Å²) in [5.74, 6) is -1.24. The molecule has 0 aromatic carbocycles. The van der Waals surface area contributed by atoms with Crippen LogP contribution in [0.25, 0.3) is 0 Å². The molecular weight excluding hydrogens is 304 g/mol. The first kappa shape index (κ1) is 20.5. The topological polar surface area (TPSA) is 52.6 Å². The van der Waals surface area contributed by atoms with Crippen LogP contribution in [0.3, 0.4) is 0 Å². The van der Waals surface area contributed by atoms with E-state index in [4.69, 9.17) is 9.47 Å². The van der Waals surface area contributed by atoms with Gasteiger partial charge in [0.2, 0.25) is 0 Å². The quantitative estimate of drug-likeness (QED) is 0.432. The molecule has 0 radical (unpaired) electrons. The number of allylic oxidation sites excluding steroid dienone is 2. The lowest BCUT2D eigenvalue weighted by Gasteiger charge is -2.28. The molecule has 136 valence electrons. The van der Waals surface area contributed by atoms with Crippen LogP contribution in [0.2, 0.25) is 0 Å². The number of rotatable bonds is 10. The van der Waals surface area contributed by atoms with E-state index in [0.717, 1.165) is 38.5 Å². The van der Waals surface area contributed by atoms with Crippen molar-refractivity contribution >= 4 is 11.9 Å². The number of carbonyl (C=O) groups is 2. The fourth-order valence-electron chi connectivity index (χ4n) is 2.87. The first-order valence-corrected chi connectivity index (χ1v) is 9.33. The van der Waals surface area contributed by atoms with Gasteiger partial charge in [0.15, 0.2) is 0 Å². The summed E-state index contributed by atoms with van der Waals surface area (Å²) >= 11 is 0. The van der Waals surface area contributed by atoms with Crippen molar-refractivity contribution in [2.75, 3.05) is 13.2 Å². The minimum Gasteiger partial charge on any atom is -0.461 e. The Morgan fingerprint density at radius 3 is 1.58 bits per heavy atom. The average Bonchev–Trinajstić information content (AvgIpc) is 2.61. The van der Waals surface area contributed by atoms with Crippen molar-refractivity contribution in [1.82, 2.24) is 0 Å². The Morgan fingerprint density at radius 2 is 1.21 bits per heavy atom. The second kappa shape index (κ2) is 12.8. The van der Waals surface area contributed by atoms with Crippen LogP contribution in [-0.2, 0) is 19.1 Å².